The number of benzene rings is 1. The summed E-state index contributed by atoms with van der Waals surface area (Å²) in [5.74, 6) is 0.407. The van der Waals surface area contributed by atoms with E-state index in [9.17, 15) is 4.39 Å². The molecule has 0 aliphatic rings. The predicted octanol–water partition coefficient (Wildman–Crippen LogP) is 4.29. The molecule has 2 rings (SSSR count). The van der Waals surface area contributed by atoms with Gasteiger partial charge in [-0.15, -0.1) is 11.6 Å². The second kappa shape index (κ2) is 7.04. The fraction of sp³-hybridized carbons (Fsp3) is 0.533. The third-order valence-electron chi connectivity index (χ3n) is 3.13. The number of rotatable bonds is 7. The van der Waals surface area contributed by atoms with Crippen LogP contribution in [0, 0.1) is 5.82 Å². The van der Waals surface area contributed by atoms with Gasteiger partial charge in [0.15, 0.2) is 5.82 Å². The largest absolute Gasteiger partial charge is 0.381 e. The van der Waals surface area contributed by atoms with Gasteiger partial charge in [0.2, 0.25) is 0 Å². The van der Waals surface area contributed by atoms with Crippen LogP contribution in [0.1, 0.15) is 37.9 Å². The summed E-state index contributed by atoms with van der Waals surface area (Å²) in [5, 5.41) is -0.252. The number of fused-ring (bicyclic) bond motifs is 1. The molecule has 0 amide bonds. The van der Waals surface area contributed by atoms with Gasteiger partial charge < -0.3 is 9.30 Å². The van der Waals surface area contributed by atoms with Crippen molar-refractivity contribution in [1.29, 1.82) is 0 Å². The van der Waals surface area contributed by atoms with Gasteiger partial charge in [-0.1, -0.05) is 13.0 Å². The van der Waals surface area contributed by atoms with Gasteiger partial charge in [0.05, 0.1) is 10.9 Å². The van der Waals surface area contributed by atoms with Crippen molar-refractivity contribution in [2.45, 2.75) is 38.6 Å². The van der Waals surface area contributed by atoms with Crippen LogP contribution in [0.4, 0.5) is 4.39 Å². The van der Waals surface area contributed by atoms with E-state index in [0.29, 0.717) is 17.9 Å². The van der Waals surface area contributed by atoms with Crippen LogP contribution < -0.4 is 0 Å². The van der Waals surface area contributed by atoms with Crippen molar-refractivity contribution in [2.24, 2.45) is 0 Å². The summed E-state index contributed by atoms with van der Waals surface area (Å²) in [6.45, 7) is 6.14. The molecule has 0 spiro atoms. The van der Waals surface area contributed by atoms with Crippen molar-refractivity contribution in [3.8, 4) is 0 Å². The van der Waals surface area contributed by atoms with E-state index in [1.165, 1.54) is 6.07 Å². The first-order chi connectivity index (χ1) is 9.65. The third kappa shape index (κ3) is 3.30. The lowest BCUT2D eigenvalue weighted by Crippen LogP contribution is -2.07. The average molecular weight is 299 g/mol. The monoisotopic (exact) mass is 298 g/mol. The number of hydrogen-bond acceptors (Lipinski definition) is 2. The topological polar surface area (TPSA) is 27.1 Å². The first-order valence-electron chi connectivity index (χ1n) is 7.01. The molecular weight excluding hydrogens is 279 g/mol. The molecule has 0 radical (unpaired) electrons. The molecule has 0 aliphatic carbocycles. The van der Waals surface area contributed by atoms with Crippen LogP contribution in [-0.2, 0) is 11.3 Å². The number of alkyl halides is 1. The van der Waals surface area contributed by atoms with Crippen LogP contribution in [0.2, 0.25) is 0 Å². The summed E-state index contributed by atoms with van der Waals surface area (Å²) < 4.78 is 21.3. The maximum atomic E-state index is 13.8. The summed E-state index contributed by atoms with van der Waals surface area (Å²) in [6, 6.07) is 5.00. The standard InChI is InChI=1S/C15H20ClFN2O/c1-3-9-20-10-5-8-19-13-7-4-6-12(17)14(13)18-15(19)11(2)16/h4,6-7,11H,3,5,8-10H2,1-2H3. The molecule has 0 saturated heterocycles. The Labute approximate surface area is 123 Å². The highest BCUT2D eigenvalue weighted by Crippen LogP contribution is 2.26. The zero-order chi connectivity index (χ0) is 14.5. The quantitative estimate of drug-likeness (QED) is 0.563. The molecule has 0 bridgehead atoms. The van der Waals surface area contributed by atoms with E-state index in [1.807, 2.05) is 17.6 Å². The maximum absolute atomic E-state index is 13.8. The van der Waals surface area contributed by atoms with Crippen LogP contribution in [0.3, 0.4) is 0 Å². The van der Waals surface area contributed by atoms with Gasteiger partial charge in [-0.05, 0) is 31.9 Å². The average Bonchev–Trinajstić information content (AvgIpc) is 2.79. The summed E-state index contributed by atoms with van der Waals surface area (Å²) >= 11 is 6.16. The molecular formula is C15H20ClFN2O. The van der Waals surface area contributed by atoms with E-state index in [1.54, 1.807) is 6.07 Å². The lowest BCUT2D eigenvalue weighted by molar-refractivity contribution is 0.129. The number of ether oxygens (including phenoxy) is 1. The van der Waals surface area contributed by atoms with E-state index in [2.05, 4.69) is 11.9 Å². The number of aryl methyl sites for hydroxylation is 1. The Kier molecular flexibility index (Phi) is 5.38. The molecule has 2 aromatic rings. The molecule has 20 heavy (non-hydrogen) atoms. The summed E-state index contributed by atoms with van der Waals surface area (Å²) in [6.07, 6.45) is 1.88. The summed E-state index contributed by atoms with van der Waals surface area (Å²) in [5.41, 5.74) is 1.19. The Hall–Kier alpha value is -1.13. The fourth-order valence-electron chi connectivity index (χ4n) is 2.24. The van der Waals surface area contributed by atoms with Gasteiger partial charge in [-0.2, -0.15) is 0 Å². The number of nitrogens with zero attached hydrogens (tertiary/aromatic N) is 2. The van der Waals surface area contributed by atoms with E-state index in [0.717, 1.165) is 31.5 Å². The molecule has 110 valence electrons. The van der Waals surface area contributed by atoms with Crippen molar-refractivity contribution in [3.05, 3.63) is 29.8 Å². The highest BCUT2D eigenvalue weighted by Gasteiger charge is 2.16. The normalized spacial score (nSPS) is 13.0. The highest BCUT2D eigenvalue weighted by atomic mass is 35.5. The minimum atomic E-state index is -0.304. The third-order valence-corrected chi connectivity index (χ3v) is 3.33. The summed E-state index contributed by atoms with van der Waals surface area (Å²) in [7, 11) is 0. The summed E-state index contributed by atoms with van der Waals surface area (Å²) in [4.78, 5) is 4.34. The van der Waals surface area contributed by atoms with Crippen molar-refractivity contribution in [2.75, 3.05) is 13.2 Å². The van der Waals surface area contributed by atoms with E-state index < -0.39 is 0 Å². The Morgan fingerprint density at radius 2 is 2.20 bits per heavy atom. The lowest BCUT2D eigenvalue weighted by atomic mass is 10.3. The number of halogens is 2. The zero-order valence-electron chi connectivity index (χ0n) is 11.9. The van der Waals surface area contributed by atoms with Gasteiger partial charge in [0.1, 0.15) is 11.3 Å². The number of para-hydroxylation sites is 1. The molecule has 0 aliphatic heterocycles. The van der Waals surface area contributed by atoms with Gasteiger partial charge in [-0.25, -0.2) is 9.37 Å². The van der Waals surface area contributed by atoms with Gasteiger partial charge in [-0.3, -0.25) is 0 Å². The van der Waals surface area contributed by atoms with Gasteiger partial charge in [0, 0.05) is 19.8 Å². The molecule has 1 unspecified atom stereocenters. The van der Waals surface area contributed by atoms with Crippen molar-refractivity contribution >= 4 is 22.6 Å². The lowest BCUT2D eigenvalue weighted by Gasteiger charge is -2.10. The molecule has 1 aromatic heterocycles. The maximum Gasteiger partial charge on any atom is 0.151 e. The molecule has 3 nitrogen and oxygen atoms in total. The van der Waals surface area contributed by atoms with Gasteiger partial charge >= 0.3 is 0 Å². The molecule has 1 aromatic carbocycles. The molecule has 1 atom stereocenters. The van der Waals surface area contributed by atoms with E-state index in [-0.39, 0.29) is 11.2 Å². The van der Waals surface area contributed by atoms with E-state index in [4.69, 9.17) is 16.3 Å². The van der Waals surface area contributed by atoms with Gasteiger partial charge in [0.25, 0.3) is 0 Å². The molecule has 0 saturated carbocycles. The predicted molar refractivity (Wildman–Crippen MR) is 79.7 cm³/mol. The molecule has 0 fully saturated rings. The molecule has 1 heterocycles. The SMILES string of the molecule is CCCOCCCn1c(C(C)Cl)nc2c(F)cccc21. The van der Waals surface area contributed by atoms with E-state index >= 15 is 0 Å². The minimum Gasteiger partial charge on any atom is -0.381 e. The Bertz CT molecular complexity index is 568. The highest BCUT2D eigenvalue weighted by molar-refractivity contribution is 6.20. The van der Waals surface area contributed by atoms with Crippen LogP contribution in [0.25, 0.3) is 11.0 Å². The Balaban J connectivity index is 2.21. The molecule has 5 heteroatoms. The number of hydrogen-bond donors (Lipinski definition) is 0. The number of imidazole rings is 1. The smallest absolute Gasteiger partial charge is 0.151 e. The van der Waals surface area contributed by atoms with Crippen LogP contribution in [0.5, 0.6) is 0 Å². The first-order valence-corrected chi connectivity index (χ1v) is 7.45. The van der Waals surface area contributed by atoms with Crippen LogP contribution in [0.15, 0.2) is 18.2 Å². The minimum absolute atomic E-state index is 0.252. The Morgan fingerprint density at radius 1 is 1.40 bits per heavy atom. The van der Waals surface area contributed by atoms with Crippen molar-refractivity contribution < 1.29 is 9.13 Å². The van der Waals surface area contributed by atoms with Crippen molar-refractivity contribution in [3.63, 3.8) is 0 Å². The second-order valence-corrected chi connectivity index (χ2v) is 5.47. The fourth-order valence-corrected chi connectivity index (χ4v) is 2.41. The zero-order valence-corrected chi connectivity index (χ0v) is 12.7. The second-order valence-electron chi connectivity index (χ2n) is 4.81. The first kappa shape index (κ1) is 15.3. The van der Waals surface area contributed by atoms with Crippen LogP contribution in [-0.4, -0.2) is 22.8 Å². The molecule has 0 N–H and O–H groups in total. The van der Waals surface area contributed by atoms with Crippen LogP contribution >= 0.6 is 11.6 Å². The van der Waals surface area contributed by atoms with Crippen molar-refractivity contribution in [1.82, 2.24) is 9.55 Å². The Morgan fingerprint density at radius 3 is 2.90 bits per heavy atom. The number of aromatic nitrogens is 2.